The number of carbonyl (C=O) groups excluding carboxylic acids is 1. The van der Waals surface area contributed by atoms with Crippen LogP contribution in [0, 0.1) is 23.0 Å². The van der Waals surface area contributed by atoms with Crippen molar-refractivity contribution in [2.45, 2.75) is 32.9 Å². The van der Waals surface area contributed by atoms with Gasteiger partial charge in [0.05, 0.1) is 22.3 Å². The second kappa shape index (κ2) is 10.7. The number of nitro benzene ring substituents is 1. The third-order valence-corrected chi connectivity index (χ3v) is 7.09. The van der Waals surface area contributed by atoms with E-state index in [-0.39, 0.29) is 29.6 Å². The molecule has 0 saturated carbocycles. The van der Waals surface area contributed by atoms with Crippen molar-refractivity contribution in [3.8, 4) is 5.69 Å². The number of rotatable bonds is 7. The third-order valence-electron chi connectivity index (χ3n) is 6.77. The van der Waals surface area contributed by atoms with Gasteiger partial charge in [-0.2, -0.15) is 0 Å². The monoisotopic (exact) mass is 540 g/mol. The SMILES string of the molecule is Cc1cc(N2C(=S)N[C@@H](c3ccccn3)[C@H]2c2cccn2-c2cccc([N+](=O)[O-])c2)ccc1NC(=O)C(C)C. The number of nitro groups is 1. The third kappa shape index (κ3) is 5.10. The van der Waals surface area contributed by atoms with Crippen molar-refractivity contribution >= 4 is 40.3 Å². The van der Waals surface area contributed by atoms with Gasteiger partial charge in [0, 0.05) is 47.5 Å². The Balaban J connectivity index is 1.61. The molecule has 2 atom stereocenters. The standard InChI is InChI=1S/C29H28N6O3S/c1-18(2)28(36)31-23-13-12-21(16-19(23)3)34-27(26(32-29(34)39)24-10-4-5-14-30-24)25-11-7-15-33(25)20-8-6-9-22(17-20)35(37)38/h4-18,26-27H,1-3H3,(H,31,36)(H,32,39)/t26-,27+/m0/s1. The first-order valence-corrected chi connectivity index (χ1v) is 13.0. The van der Waals surface area contributed by atoms with Gasteiger partial charge in [-0.3, -0.25) is 19.9 Å². The highest BCUT2D eigenvalue weighted by molar-refractivity contribution is 7.80. The predicted molar refractivity (Wildman–Crippen MR) is 155 cm³/mol. The number of hydrogen-bond donors (Lipinski definition) is 2. The van der Waals surface area contributed by atoms with Crippen LogP contribution in [0.2, 0.25) is 0 Å². The highest BCUT2D eigenvalue weighted by Crippen LogP contribution is 2.43. The number of benzene rings is 2. The van der Waals surface area contributed by atoms with Crippen molar-refractivity contribution in [2.24, 2.45) is 5.92 Å². The zero-order valence-corrected chi connectivity index (χ0v) is 22.6. The number of hydrogen-bond acceptors (Lipinski definition) is 5. The first-order valence-electron chi connectivity index (χ1n) is 12.6. The molecule has 2 aromatic heterocycles. The van der Waals surface area contributed by atoms with E-state index in [1.54, 1.807) is 18.3 Å². The number of nitrogens with one attached hydrogen (secondary N) is 2. The number of aromatic nitrogens is 2. The van der Waals surface area contributed by atoms with Crippen molar-refractivity contribution in [2.75, 3.05) is 10.2 Å². The zero-order chi connectivity index (χ0) is 27.7. The van der Waals surface area contributed by atoms with Crippen LogP contribution in [-0.4, -0.2) is 25.5 Å². The Hall–Kier alpha value is -4.57. The van der Waals surface area contributed by atoms with E-state index in [9.17, 15) is 14.9 Å². The summed E-state index contributed by atoms with van der Waals surface area (Å²) in [5, 5.41) is 18.4. The topological polar surface area (TPSA) is 105 Å². The van der Waals surface area contributed by atoms with E-state index in [2.05, 4.69) is 15.6 Å². The Morgan fingerprint density at radius 1 is 1.08 bits per heavy atom. The van der Waals surface area contributed by atoms with Crippen molar-refractivity contribution < 1.29 is 9.72 Å². The van der Waals surface area contributed by atoms with Gasteiger partial charge in [-0.15, -0.1) is 0 Å². The number of nitrogens with zero attached hydrogens (tertiary/aromatic N) is 4. The maximum atomic E-state index is 12.3. The second-order valence-corrected chi connectivity index (χ2v) is 10.1. The Morgan fingerprint density at radius 2 is 1.90 bits per heavy atom. The Kier molecular flexibility index (Phi) is 7.12. The summed E-state index contributed by atoms with van der Waals surface area (Å²) in [5.41, 5.74) is 4.88. The molecule has 1 fully saturated rings. The van der Waals surface area contributed by atoms with Gasteiger partial charge in [-0.05, 0) is 73.2 Å². The fourth-order valence-electron chi connectivity index (χ4n) is 4.78. The summed E-state index contributed by atoms with van der Waals surface area (Å²) in [7, 11) is 0. The van der Waals surface area contributed by atoms with Gasteiger partial charge in [0.15, 0.2) is 5.11 Å². The van der Waals surface area contributed by atoms with E-state index in [0.717, 1.165) is 28.3 Å². The van der Waals surface area contributed by atoms with Gasteiger partial charge < -0.3 is 20.1 Å². The number of non-ortho nitro benzene ring substituents is 1. The molecule has 39 heavy (non-hydrogen) atoms. The van der Waals surface area contributed by atoms with Crippen molar-refractivity contribution in [3.63, 3.8) is 0 Å². The minimum Gasteiger partial charge on any atom is -0.351 e. The summed E-state index contributed by atoms with van der Waals surface area (Å²) in [4.78, 5) is 30.0. The summed E-state index contributed by atoms with van der Waals surface area (Å²) < 4.78 is 1.94. The van der Waals surface area contributed by atoms with E-state index < -0.39 is 4.92 Å². The Labute approximate surface area is 231 Å². The van der Waals surface area contributed by atoms with Crippen LogP contribution in [0.15, 0.2) is 85.2 Å². The molecule has 1 saturated heterocycles. The lowest BCUT2D eigenvalue weighted by Crippen LogP contribution is -2.30. The first kappa shape index (κ1) is 26.1. The average molecular weight is 541 g/mol. The van der Waals surface area contributed by atoms with E-state index in [4.69, 9.17) is 12.2 Å². The first-order chi connectivity index (χ1) is 18.7. The van der Waals surface area contributed by atoms with E-state index in [1.165, 1.54) is 6.07 Å². The molecule has 1 aliphatic heterocycles. The van der Waals surface area contributed by atoms with Gasteiger partial charge in [0.2, 0.25) is 5.91 Å². The zero-order valence-electron chi connectivity index (χ0n) is 21.7. The molecule has 198 valence electrons. The van der Waals surface area contributed by atoms with Crippen LogP contribution in [-0.2, 0) is 4.79 Å². The van der Waals surface area contributed by atoms with Gasteiger partial charge in [-0.25, -0.2) is 0 Å². The smallest absolute Gasteiger partial charge is 0.271 e. The fourth-order valence-corrected chi connectivity index (χ4v) is 5.12. The average Bonchev–Trinajstić information content (AvgIpc) is 3.54. The molecule has 0 radical (unpaired) electrons. The lowest BCUT2D eigenvalue weighted by Gasteiger charge is -2.29. The molecule has 3 heterocycles. The summed E-state index contributed by atoms with van der Waals surface area (Å²) >= 11 is 5.86. The Morgan fingerprint density at radius 3 is 2.59 bits per heavy atom. The minimum absolute atomic E-state index is 0.0139. The van der Waals surface area contributed by atoms with Crippen LogP contribution < -0.4 is 15.5 Å². The molecule has 5 rings (SSSR count). The molecule has 2 aromatic carbocycles. The second-order valence-electron chi connectivity index (χ2n) is 9.72. The maximum Gasteiger partial charge on any atom is 0.271 e. The fraction of sp³-hybridized carbons (Fsp3) is 0.207. The summed E-state index contributed by atoms with van der Waals surface area (Å²) in [6.07, 6.45) is 3.63. The highest BCUT2D eigenvalue weighted by atomic mass is 32.1. The van der Waals surface area contributed by atoms with Crippen molar-refractivity contribution in [1.82, 2.24) is 14.9 Å². The number of thiocarbonyl (C=S) groups is 1. The normalized spacial score (nSPS) is 16.8. The van der Waals surface area contributed by atoms with E-state index in [1.807, 2.05) is 91.0 Å². The summed E-state index contributed by atoms with van der Waals surface area (Å²) in [6, 6.07) is 21.4. The lowest BCUT2D eigenvalue weighted by atomic mass is 10.00. The molecular weight excluding hydrogens is 512 g/mol. The highest BCUT2D eigenvalue weighted by Gasteiger charge is 2.42. The van der Waals surface area contributed by atoms with Gasteiger partial charge in [0.1, 0.15) is 6.04 Å². The lowest BCUT2D eigenvalue weighted by molar-refractivity contribution is -0.384. The molecule has 0 bridgehead atoms. The summed E-state index contributed by atoms with van der Waals surface area (Å²) in [5.74, 6) is -0.184. The van der Waals surface area contributed by atoms with E-state index >= 15 is 0 Å². The van der Waals surface area contributed by atoms with Crippen molar-refractivity contribution in [3.05, 3.63) is 112 Å². The number of aryl methyl sites for hydroxylation is 1. The molecule has 4 aromatic rings. The van der Waals surface area contributed by atoms with Crippen LogP contribution in [0.5, 0.6) is 0 Å². The van der Waals surface area contributed by atoms with Crippen LogP contribution in [0.25, 0.3) is 5.69 Å². The molecule has 1 amide bonds. The molecule has 9 nitrogen and oxygen atoms in total. The molecule has 1 aliphatic rings. The van der Waals surface area contributed by atoms with Crippen LogP contribution in [0.1, 0.15) is 42.9 Å². The molecule has 0 spiro atoms. The molecule has 2 N–H and O–H groups in total. The largest absolute Gasteiger partial charge is 0.351 e. The van der Waals surface area contributed by atoms with Gasteiger partial charge >= 0.3 is 0 Å². The van der Waals surface area contributed by atoms with E-state index in [0.29, 0.717) is 10.8 Å². The number of carbonyl (C=O) groups is 1. The van der Waals surface area contributed by atoms with Crippen LogP contribution in [0.4, 0.5) is 17.1 Å². The summed E-state index contributed by atoms with van der Waals surface area (Å²) in [6.45, 7) is 5.65. The minimum atomic E-state index is -0.398. The predicted octanol–water partition coefficient (Wildman–Crippen LogP) is 5.86. The van der Waals surface area contributed by atoms with Gasteiger partial charge in [0.25, 0.3) is 5.69 Å². The molecular formula is C29H28N6O3S. The van der Waals surface area contributed by atoms with Crippen molar-refractivity contribution in [1.29, 1.82) is 0 Å². The molecule has 10 heteroatoms. The molecule has 0 unspecified atom stereocenters. The van der Waals surface area contributed by atoms with Crippen LogP contribution >= 0.6 is 12.2 Å². The van der Waals surface area contributed by atoms with Crippen LogP contribution in [0.3, 0.4) is 0 Å². The van der Waals surface area contributed by atoms with Gasteiger partial charge in [-0.1, -0.05) is 26.0 Å². The number of anilines is 2. The Bertz CT molecular complexity index is 1550. The number of amides is 1. The maximum absolute atomic E-state index is 12.3. The molecule has 0 aliphatic carbocycles. The number of pyridine rings is 1. The quantitative estimate of drug-likeness (QED) is 0.172.